The summed E-state index contributed by atoms with van der Waals surface area (Å²) in [6, 6.07) is 11.1. The SMILES string of the molecule is C[NH+](Cc1cccc(F)c1)Cn1nc(-c2ccncc2)n(C2CC2)c1=S. The predicted molar refractivity (Wildman–Crippen MR) is 99.5 cm³/mol. The first-order chi connectivity index (χ1) is 12.6. The molecule has 4 rings (SSSR count). The standard InChI is InChI=1S/C19H20FN5S/c1-23(12-14-3-2-4-16(20)11-14)13-24-19(26)25(17-5-6-17)18(22-24)15-7-9-21-10-8-15/h2-4,7-11,17H,5-6,12-13H2,1H3/p+1. The lowest BCUT2D eigenvalue weighted by Crippen LogP contribution is -3.07. The Hall–Kier alpha value is -2.38. The molecule has 1 aliphatic rings. The lowest BCUT2D eigenvalue weighted by atomic mass is 10.2. The first kappa shape index (κ1) is 17.1. The monoisotopic (exact) mass is 370 g/mol. The van der Waals surface area contributed by atoms with E-state index in [0.29, 0.717) is 19.3 Å². The third-order valence-electron chi connectivity index (χ3n) is 4.54. The lowest BCUT2D eigenvalue weighted by Gasteiger charge is -2.13. The van der Waals surface area contributed by atoms with Gasteiger partial charge in [0, 0.05) is 29.6 Å². The van der Waals surface area contributed by atoms with E-state index in [9.17, 15) is 4.39 Å². The maximum Gasteiger partial charge on any atom is 0.203 e. The van der Waals surface area contributed by atoms with Crippen LogP contribution in [-0.2, 0) is 13.2 Å². The summed E-state index contributed by atoms with van der Waals surface area (Å²) in [5.41, 5.74) is 1.99. The first-order valence-electron chi connectivity index (χ1n) is 8.77. The molecule has 0 spiro atoms. The van der Waals surface area contributed by atoms with Crippen LogP contribution in [-0.4, -0.2) is 26.4 Å². The normalized spacial score (nSPS) is 15.2. The zero-order valence-corrected chi connectivity index (χ0v) is 15.4. The number of halogens is 1. The van der Waals surface area contributed by atoms with E-state index < -0.39 is 0 Å². The van der Waals surface area contributed by atoms with Crippen molar-refractivity contribution in [1.29, 1.82) is 0 Å². The van der Waals surface area contributed by atoms with E-state index in [2.05, 4.69) is 16.6 Å². The summed E-state index contributed by atoms with van der Waals surface area (Å²) in [5, 5.41) is 4.79. The molecule has 7 heteroatoms. The Morgan fingerprint density at radius 1 is 1.23 bits per heavy atom. The molecule has 0 bridgehead atoms. The number of nitrogens with one attached hydrogen (secondary N) is 1. The van der Waals surface area contributed by atoms with E-state index in [0.717, 1.165) is 34.6 Å². The fourth-order valence-corrected chi connectivity index (χ4v) is 3.53. The van der Waals surface area contributed by atoms with Crippen LogP contribution in [0.5, 0.6) is 0 Å². The van der Waals surface area contributed by atoms with Crippen LogP contribution in [0.3, 0.4) is 0 Å². The molecule has 5 nitrogen and oxygen atoms in total. The van der Waals surface area contributed by atoms with Crippen LogP contribution in [0.2, 0.25) is 0 Å². The van der Waals surface area contributed by atoms with Gasteiger partial charge in [0.15, 0.2) is 12.5 Å². The van der Waals surface area contributed by atoms with Crippen LogP contribution in [0.25, 0.3) is 11.4 Å². The maximum atomic E-state index is 13.4. The second kappa shape index (κ2) is 7.09. The Morgan fingerprint density at radius 3 is 2.69 bits per heavy atom. The average Bonchev–Trinajstić information content (AvgIpc) is 3.41. The molecule has 1 aromatic carbocycles. The highest BCUT2D eigenvalue weighted by Crippen LogP contribution is 2.38. The quantitative estimate of drug-likeness (QED) is 0.678. The molecule has 1 saturated carbocycles. The van der Waals surface area contributed by atoms with E-state index in [4.69, 9.17) is 17.3 Å². The number of rotatable bonds is 6. The van der Waals surface area contributed by atoms with Crippen LogP contribution in [0, 0.1) is 10.6 Å². The number of quaternary nitrogens is 1. The van der Waals surface area contributed by atoms with Gasteiger partial charge in [-0.25, -0.2) is 4.39 Å². The van der Waals surface area contributed by atoms with E-state index in [1.807, 2.05) is 22.9 Å². The summed E-state index contributed by atoms with van der Waals surface area (Å²) in [5.74, 6) is 0.698. The second-order valence-electron chi connectivity index (χ2n) is 6.86. The molecule has 1 fully saturated rings. The molecule has 26 heavy (non-hydrogen) atoms. The highest BCUT2D eigenvalue weighted by Gasteiger charge is 2.29. The number of hydrogen-bond acceptors (Lipinski definition) is 3. The van der Waals surface area contributed by atoms with Crippen molar-refractivity contribution in [1.82, 2.24) is 19.3 Å². The van der Waals surface area contributed by atoms with Crippen molar-refractivity contribution in [2.45, 2.75) is 32.1 Å². The van der Waals surface area contributed by atoms with Gasteiger partial charge in [-0.05, 0) is 49.3 Å². The van der Waals surface area contributed by atoms with Gasteiger partial charge in [-0.3, -0.25) is 9.55 Å². The van der Waals surface area contributed by atoms with Crippen LogP contribution in [0.15, 0.2) is 48.8 Å². The van der Waals surface area contributed by atoms with Crippen LogP contribution in [0.1, 0.15) is 24.4 Å². The fourth-order valence-electron chi connectivity index (χ4n) is 3.19. The Balaban J connectivity index is 1.60. The molecule has 1 N–H and O–H groups in total. The zero-order valence-electron chi connectivity index (χ0n) is 14.6. The maximum absolute atomic E-state index is 13.4. The smallest absolute Gasteiger partial charge is 0.203 e. The van der Waals surface area contributed by atoms with E-state index in [-0.39, 0.29) is 5.82 Å². The molecule has 0 amide bonds. The molecule has 0 aliphatic heterocycles. The van der Waals surface area contributed by atoms with Crippen molar-refractivity contribution >= 4 is 12.2 Å². The minimum atomic E-state index is -0.204. The van der Waals surface area contributed by atoms with Gasteiger partial charge in [0.25, 0.3) is 0 Å². The summed E-state index contributed by atoms with van der Waals surface area (Å²) in [7, 11) is 2.06. The van der Waals surface area contributed by atoms with Crippen molar-refractivity contribution in [2.24, 2.45) is 0 Å². The molecule has 1 aliphatic carbocycles. The predicted octanol–water partition coefficient (Wildman–Crippen LogP) is 2.62. The second-order valence-corrected chi connectivity index (χ2v) is 7.23. The van der Waals surface area contributed by atoms with E-state index >= 15 is 0 Å². The van der Waals surface area contributed by atoms with Gasteiger partial charge >= 0.3 is 0 Å². The largest absolute Gasteiger partial charge is 0.315 e. The highest BCUT2D eigenvalue weighted by molar-refractivity contribution is 7.71. The molecule has 0 radical (unpaired) electrons. The van der Waals surface area contributed by atoms with Gasteiger partial charge in [0.1, 0.15) is 12.4 Å². The van der Waals surface area contributed by atoms with Crippen molar-refractivity contribution in [3.63, 3.8) is 0 Å². The minimum Gasteiger partial charge on any atom is -0.315 e. The number of nitrogens with zero attached hydrogens (tertiary/aromatic N) is 4. The Labute approximate surface area is 156 Å². The van der Waals surface area contributed by atoms with Gasteiger partial charge in [-0.1, -0.05) is 12.1 Å². The Morgan fingerprint density at radius 2 is 2.00 bits per heavy atom. The van der Waals surface area contributed by atoms with Crippen LogP contribution < -0.4 is 4.90 Å². The molecule has 2 aromatic heterocycles. The molecule has 2 heterocycles. The van der Waals surface area contributed by atoms with Crippen LogP contribution in [0.4, 0.5) is 4.39 Å². The minimum absolute atomic E-state index is 0.204. The fraction of sp³-hybridized carbons (Fsp3) is 0.316. The number of aromatic nitrogens is 4. The zero-order chi connectivity index (χ0) is 18.1. The number of hydrogen-bond donors (Lipinski definition) is 1. The van der Waals surface area contributed by atoms with Gasteiger partial charge in [0.2, 0.25) is 4.77 Å². The van der Waals surface area contributed by atoms with Gasteiger partial charge in [0.05, 0.1) is 7.05 Å². The average molecular weight is 370 g/mol. The third-order valence-corrected chi connectivity index (χ3v) is 4.94. The first-order valence-corrected chi connectivity index (χ1v) is 9.18. The highest BCUT2D eigenvalue weighted by atomic mass is 32.1. The van der Waals surface area contributed by atoms with E-state index in [1.54, 1.807) is 24.5 Å². The number of pyridine rings is 1. The van der Waals surface area contributed by atoms with Gasteiger partial charge < -0.3 is 4.90 Å². The van der Waals surface area contributed by atoms with Crippen molar-refractivity contribution < 1.29 is 9.29 Å². The Bertz CT molecular complexity index is 962. The summed E-state index contributed by atoms with van der Waals surface area (Å²) < 4.78 is 18.2. The molecular weight excluding hydrogens is 349 g/mol. The molecule has 134 valence electrons. The summed E-state index contributed by atoms with van der Waals surface area (Å²) in [6.07, 6.45) is 5.83. The van der Waals surface area contributed by atoms with Crippen LogP contribution >= 0.6 is 12.2 Å². The van der Waals surface area contributed by atoms with Crippen molar-refractivity contribution in [2.75, 3.05) is 7.05 Å². The molecule has 1 atom stereocenters. The number of benzene rings is 1. The van der Waals surface area contributed by atoms with Gasteiger partial charge in [-0.15, -0.1) is 5.10 Å². The summed E-state index contributed by atoms with van der Waals surface area (Å²) in [4.78, 5) is 5.28. The molecular formula is C19H21FN5S+. The molecule has 0 saturated heterocycles. The summed E-state index contributed by atoms with van der Waals surface area (Å²) in [6.45, 7) is 1.34. The molecule has 1 unspecified atom stereocenters. The topological polar surface area (TPSA) is 40.1 Å². The summed E-state index contributed by atoms with van der Waals surface area (Å²) >= 11 is 5.71. The van der Waals surface area contributed by atoms with Crippen molar-refractivity contribution in [3.05, 3.63) is 64.9 Å². The third kappa shape index (κ3) is 3.59. The van der Waals surface area contributed by atoms with Crippen molar-refractivity contribution in [3.8, 4) is 11.4 Å². The Kier molecular flexibility index (Phi) is 4.65. The van der Waals surface area contributed by atoms with E-state index in [1.165, 1.54) is 11.0 Å². The molecule has 3 aromatic rings. The lowest BCUT2D eigenvalue weighted by molar-refractivity contribution is -0.917. The van der Waals surface area contributed by atoms with Gasteiger partial charge in [-0.2, -0.15) is 4.68 Å².